The molecule has 0 saturated carbocycles. The van der Waals surface area contributed by atoms with Gasteiger partial charge in [0.05, 0.1) is 12.3 Å². The minimum Gasteiger partial charge on any atom is -0.490 e. The number of benzene rings is 1. The molecule has 0 unspecified atom stereocenters. The molecule has 1 rings (SSSR count). The zero-order chi connectivity index (χ0) is 14.3. The molecule has 1 aromatic carbocycles. The van der Waals surface area contributed by atoms with Gasteiger partial charge >= 0.3 is 6.18 Å². The lowest BCUT2D eigenvalue weighted by Crippen LogP contribution is -2.19. The van der Waals surface area contributed by atoms with Crippen LogP contribution in [-0.2, 0) is 4.74 Å². The molecule has 1 N–H and O–H groups in total. The Labute approximate surface area is 108 Å². The van der Waals surface area contributed by atoms with E-state index in [0.29, 0.717) is 17.0 Å². The third-order valence-electron chi connectivity index (χ3n) is 2.18. The molecular formula is C12H14F3NO3. The van der Waals surface area contributed by atoms with E-state index in [9.17, 15) is 13.2 Å². The summed E-state index contributed by atoms with van der Waals surface area (Å²) < 4.78 is 45.1. The number of para-hydroxylation sites is 1. The van der Waals surface area contributed by atoms with Crippen LogP contribution in [0.4, 0.5) is 13.2 Å². The number of halogens is 3. The molecule has 0 fully saturated rings. The average Bonchev–Trinajstić information content (AvgIpc) is 2.36. The number of oxime groups is 1. The second-order valence-electron chi connectivity index (χ2n) is 3.70. The second-order valence-corrected chi connectivity index (χ2v) is 3.70. The van der Waals surface area contributed by atoms with Crippen molar-refractivity contribution < 1.29 is 27.9 Å². The monoisotopic (exact) mass is 277 g/mol. The predicted octanol–water partition coefficient (Wildman–Crippen LogP) is 2.84. The summed E-state index contributed by atoms with van der Waals surface area (Å²) in [6.07, 6.45) is -4.34. The molecule has 0 aromatic heterocycles. The minimum atomic E-state index is -4.34. The lowest BCUT2D eigenvalue weighted by Gasteiger charge is -2.11. The second kappa shape index (κ2) is 6.98. The first-order valence-corrected chi connectivity index (χ1v) is 5.49. The highest BCUT2D eigenvalue weighted by atomic mass is 19.4. The fraction of sp³-hybridized carbons (Fsp3) is 0.417. The number of ether oxygens (including phenoxy) is 2. The predicted molar refractivity (Wildman–Crippen MR) is 62.8 cm³/mol. The van der Waals surface area contributed by atoms with E-state index in [2.05, 4.69) is 9.89 Å². The highest BCUT2D eigenvalue weighted by Gasteiger charge is 2.27. The van der Waals surface area contributed by atoms with E-state index in [1.165, 1.54) is 0 Å². The van der Waals surface area contributed by atoms with Gasteiger partial charge in [-0.2, -0.15) is 13.2 Å². The van der Waals surface area contributed by atoms with Crippen molar-refractivity contribution >= 4 is 5.71 Å². The molecule has 0 saturated heterocycles. The van der Waals surface area contributed by atoms with Gasteiger partial charge in [0.1, 0.15) is 19.0 Å². The smallest absolute Gasteiger partial charge is 0.411 e. The molecule has 0 aliphatic rings. The van der Waals surface area contributed by atoms with Crippen molar-refractivity contribution in [2.45, 2.75) is 13.1 Å². The van der Waals surface area contributed by atoms with Crippen LogP contribution in [0.1, 0.15) is 12.5 Å². The summed E-state index contributed by atoms with van der Waals surface area (Å²) in [5.74, 6) is 0.424. The van der Waals surface area contributed by atoms with E-state index < -0.39 is 12.8 Å². The third kappa shape index (κ3) is 5.60. The summed E-state index contributed by atoms with van der Waals surface area (Å²) in [4.78, 5) is 0. The van der Waals surface area contributed by atoms with Crippen LogP contribution in [0.25, 0.3) is 0 Å². The molecule has 0 aliphatic heterocycles. The number of hydrogen-bond donors (Lipinski definition) is 1. The number of alkyl halides is 3. The summed E-state index contributed by atoms with van der Waals surface area (Å²) in [5, 5.41) is 11.7. The van der Waals surface area contributed by atoms with Crippen molar-refractivity contribution in [1.29, 1.82) is 0 Å². The van der Waals surface area contributed by atoms with Gasteiger partial charge in [0.15, 0.2) is 0 Å². The molecule has 0 heterocycles. The van der Waals surface area contributed by atoms with Crippen molar-refractivity contribution in [2.24, 2.45) is 5.16 Å². The Morgan fingerprint density at radius 2 is 1.95 bits per heavy atom. The van der Waals surface area contributed by atoms with E-state index in [1.54, 1.807) is 31.2 Å². The Morgan fingerprint density at radius 1 is 1.26 bits per heavy atom. The minimum absolute atomic E-state index is 0.0220. The first-order chi connectivity index (χ1) is 8.94. The molecule has 0 spiro atoms. The fourth-order valence-electron chi connectivity index (χ4n) is 1.34. The lowest BCUT2D eigenvalue weighted by molar-refractivity contribution is -0.175. The Morgan fingerprint density at radius 3 is 2.58 bits per heavy atom. The quantitative estimate of drug-likeness (QED) is 0.376. The van der Waals surface area contributed by atoms with Gasteiger partial charge in [0.25, 0.3) is 0 Å². The number of nitrogens with zero attached hydrogens (tertiary/aromatic N) is 1. The molecule has 0 bridgehead atoms. The molecule has 1 aromatic rings. The summed E-state index contributed by atoms with van der Waals surface area (Å²) in [5.41, 5.74) is 0.924. The largest absolute Gasteiger partial charge is 0.490 e. The van der Waals surface area contributed by atoms with Gasteiger partial charge in [0, 0.05) is 5.56 Å². The lowest BCUT2D eigenvalue weighted by atomic mass is 10.1. The van der Waals surface area contributed by atoms with Crippen molar-refractivity contribution in [1.82, 2.24) is 0 Å². The van der Waals surface area contributed by atoms with Crippen LogP contribution >= 0.6 is 0 Å². The third-order valence-corrected chi connectivity index (χ3v) is 2.18. The zero-order valence-corrected chi connectivity index (χ0v) is 10.3. The van der Waals surface area contributed by atoms with Crippen molar-refractivity contribution in [3.05, 3.63) is 29.8 Å². The normalized spacial score (nSPS) is 12.5. The summed E-state index contributed by atoms with van der Waals surface area (Å²) >= 11 is 0. The van der Waals surface area contributed by atoms with Gasteiger partial charge in [-0.3, -0.25) is 0 Å². The Hall–Kier alpha value is -1.76. The molecule has 0 aliphatic carbocycles. The molecule has 4 nitrogen and oxygen atoms in total. The summed E-state index contributed by atoms with van der Waals surface area (Å²) in [6, 6.07) is 6.76. The van der Waals surface area contributed by atoms with E-state index >= 15 is 0 Å². The molecule has 0 atom stereocenters. The van der Waals surface area contributed by atoms with E-state index in [1.807, 2.05) is 0 Å². The van der Waals surface area contributed by atoms with Crippen LogP contribution in [0.3, 0.4) is 0 Å². The number of hydrogen-bond acceptors (Lipinski definition) is 4. The SMILES string of the molecule is CC(=NO)c1ccccc1OCCOCC(F)(F)F. The highest BCUT2D eigenvalue weighted by molar-refractivity contribution is 6.00. The molecule has 0 radical (unpaired) electrons. The van der Waals surface area contributed by atoms with Crippen molar-refractivity contribution in [2.75, 3.05) is 19.8 Å². The summed E-state index contributed by atoms with van der Waals surface area (Å²) in [6.45, 7) is 0.0897. The fourth-order valence-corrected chi connectivity index (χ4v) is 1.34. The van der Waals surface area contributed by atoms with Crippen LogP contribution < -0.4 is 4.74 Å². The average molecular weight is 277 g/mol. The first kappa shape index (κ1) is 15.3. The van der Waals surface area contributed by atoms with E-state index in [4.69, 9.17) is 9.94 Å². The van der Waals surface area contributed by atoms with Gasteiger partial charge in [-0.15, -0.1) is 0 Å². The standard InChI is InChI=1S/C12H14F3NO3/c1-9(16-17)10-4-2-3-5-11(10)19-7-6-18-8-12(13,14)15/h2-5,17H,6-8H2,1H3. The van der Waals surface area contributed by atoms with E-state index in [-0.39, 0.29) is 13.2 Å². The van der Waals surface area contributed by atoms with E-state index in [0.717, 1.165) is 0 Å². The van der Waals surface area contributed by atoms with Crippen LogP contribution in [0.5, 0.6) is 5.75 Å². The molecule has 106 valence electrons. The highest BCUT2D eigenvalue weighted by Crippen LogP contribution is 2.19. The Kier molecular flexibility index (Phi) is 5.62. The van der Waals surface area contributed by atoms with Gasteiger partial charge in [-0.05, 0) is 19.1 Å². The van der Waals surface area contributed by atoms with Crippen LogP contribution in [0, 0.1) is 0 Å². The maximum atomic E-state index is 11.8. The Balaban J connectivity index is 2.46. The molecule has 19 heavy (non-hydrogen) atoms. The van der Waals surface area contributed by atoms with Crippen LogP contribution in [-0.4, -0.2) is 36.9 Å². The van der Waals surface area contributed by atoms with Gasteiger partial charge in [0.2, 0.25) is 0 Å². The van der Waals surface area contributed by atoms with Crippen molar-refractivity contribution in [3.63, 3.8) is 0 Å². The van der Waals surface area contributed by atoms with Gasteiger partial charge < -0.3 is 14.7 Å². The van der Waals surface area contributed by atoms with Crippen LogP contribution in [0.2, 0.25) is 0 Å². The summed E-state index contributed by atoms with van der Waals surface area (Å²) in [7, 11) is 0. The van der Waals surface area contributed by atoms with Gasteiger partial charge in [-0.25, -0.2) is 0 Å². The van der Waals surface area contributed by atoms with Gasteiger partial charge in [-0.1, -0.05) is 17.3 Å². The maximum Gasteiger partial charge on any atom is 0.411 e. The molecular weight excluding hydrogens is 263 g/mol. The zero-order valence-electron chi connectivity index (χ0n) is 10.3. The first-order valence-electron chi connectivity index (χ1n) is 5.49. The molecule has 7 heteroatoms. The van der Waals surface area contributed by atoms with Crippen molar-refractivity contribution in [3.8, 4) is 5.75 Å². The number of rotatable bonds is 6. The topological polar surface area (TPSA) is 51.1 Å². The maximum absolute atomic E-state index is 11.8. The molecule has 0 amide bonds. The van der Waals surface area contributed by atoms with Crippen LogP contribution in [0.15, 0.2) is 29.4 Å². The Bertz CT molecular complexity index is 432.